The molecule has 84 heavy (non-hydrogen) atoms. The van der Waals surface area contributed by atoms with E-state index in [1.165, 1.54) is 79.7 Å². The van der Waals surface area contributed by atoms with E-state index in [2.05, 4.69) is 24.0 Å². The Morgan fingerprint density at radius 2 is 0.655 bits per heavy atom. The zero-order valence-corrected chi connectivity index (χ0v) is 46.2. The zero-order chi connectivity index (χ0) is 60.7. The van der Waals surface area contributed by atoms with Gasteiger partial charge in [-0.2, -0.15) is 51.6 Å². The van der Waals surface area contributed by atoms with Gasteiger partial charge in [0.15, 0.2) is 11.4 Å². The van der Waals surface area contributed by atoms with E-state index in [1.54, 1.807) is 42.5 Å². The number of benzene rings is 6. The van der Waals surface area contributed by atoms with Crippen LogP contribution in [0.5, 0.6) is 17.2 Å². The van der Waals surface area contributed by atoms with Gasteiger partial charge in [-0.25, -0.2) is 28.1 Å². The van der Waals surface area contributed by atoms with Crippen LogP contribution in [0.15, 0.2) is 194 Å². The van der Waals surface area contributed by atoms with Gasteiger partial charge in [-0.05, 0) is 102 Å². The lowest BCUT2D eigenvalue weighted by Crippen LogP contribution is -2.55. The Kier molecular flexibility index (Phi) is 20.4. The third-order valence-corrected chi connectivity index (χ3v) is 14.5. The summed E-state index contributed by atoms with van der Waals surface area (Å²) in [5, 5.41) is 9.56. The summed E-state index contributed by atoms with van der Waals surface area (Å²) in [5.41, 5.74) is -6.50. The van der Waals surface area contributed by atoms with Crippen molar-refractivity contribution in [2.24, 2.45) is 15.5 Å². The smallest absolute Gasteiger partial charge is 0.437 e. The molecule has 0 amide bonds. The summed E-state index contributed by atoms with van der Waals surface area (Å²) in [7, 11) is -13.3. The number of nitrogens with zero attached hydrogens (tertiary/aromatic N) is 6. The van der Waals surface area contributed by atoms with Gasteiger partial charge in [-0.1, -0.05) is 106 Å². The van der Waals surface area contributed by atoms with Crippen LogP contribution in [0.25, 0.3) is 0 Å². The Morgan fingerprint density at radius 1 is 0.393 bits per heavy atom. The molecule has 0 aliphatic carbocycles. The van der Waals surface area contributed by atoms with E-state index in [9.17, 15) is 66.0 Å². The molecule has 0 spiro atoms. The van der Waals surface area contributed by atoms with E-state index < -0.39 is 132 Å². The first-order valence-corrected chi connectivity index (χ1v) is 29.3. The molecule has 0 N–H and O–H groups in total. The molecular weight excluding hydrogens is 1180 g/mol. The number of aromatic nitrogens is 3. The molecule has 0 saturated carbocycles. The van der Waals surface area contributed by atoms with Gasteiger partial charge in [-0.15, -0.1) is 0 Å². The second-order valence-electron chi connectivity index (χ2n) is 17.8. The SMILES string of the molecule is C/C(=N/OS(=O)(=O)Cc1ccccc1)c1ccc(OCCn2c(=O)n(CCOc3ccc(C(=NOS(=O)(=O)Cc4ccccc4)C(F)(F)F)cc3)c(=O)n(CCOc3ccc(/C(=N\OS(=O)(=O)Cc4ccccc4)C(F)(F)F)cc3)c2=O)cc1. The molecule has 444 valence electrons. The lowest BCUT2D eigenvalue weighted by molar-refractivity contribution is -0.0606. The van der Waals surface area contributed by atoms with Crippen LogP contribution in [-0.4, -0.2) is 88.3 Å². The lowest BCUT2D eigenvalue weighted by atomic mass is 10.1. The maximum atomic E-state index is 14.1. The molecule has 30 heteroatoms. The number of oxime groups is 3. The van der Waals surface area contributed by atoms with E-state index in [0.29, 0.717) is 24.8 Å². The van der Waals surface area contributed by atoms with Crippen molar-refractivity contribution in [1.29, 1.82) is 0 Å². The van der Waals surface area contributed by atoms with Crippen molar-refractivity contribution in [3.05, 3.63) is 229 Å². The third-order valence-electron chi connectivity index (χ3n) is 11.5. The number of hydrogen-bond acceptors (Lipinski definition) is 18. The molecule has 0 unspecified atom stereocenters. The fourth-order valence-corrected chi connectivity index (χ4v) is 10.1. The molecule has 7 rings (SSSR count). The predicted molar refractivity (Wildman–Crippen MR) is 293 cm³/mol. The van der Waals surface area contributed by atoms with Gasteiger partial charge in [0.1, 0.15) is 54.3 Å². The Morgan fingerprint density at radius 3 is 0.929 bits per heavy atom. The van der Waals surface area contributed by atoms with E-state index >= 15 is 0 Å². The van der Waals surface area contributed by atoms with Gasteiger partial charge in [0.2, 0.25) is 0 Å². The summed E-state index contributed by atoms with van der Waals surface area (Å²) in [4.78, 5) is 41.6. The highest BCUT2D eigenvalue weighted by atomic mass is 32.2. The summed E-state index contributed by atoms with van der Waals surface area (Å²) < 4.78 is 192. The van der Waals surface area contributed by atoms with Crippen molar-refractivity contribution in [3.63, 3.8) is 0 Å². The minimum Gasteiger partial charge on any atom is -0.492 e. The quantitative estimate of drug-likeness (QED) is 0.0278. The molecule has 0 fully saturated rings. The molecule has 0 saturated heterocycles. The van der Waals surface area contributed by atoms with Crippen LogP contribution in [0, 0.1) is 0 Å². The Labute approximate surface area is 475 Å². The van der Waals surface area contributed by atoms with Crippen LogP contribution in [0.3, 0.4) is 0 Å². The summed E-state index contributed by atoms with van der Waals surface area (Å²) in [5.74, 6) is -1.92. The standard InChI is InChI=1S/C54H48F6N6O15S3/c1-38(61-79-82(70,71)35-39-11-5-2-6-12-39)42-17-23-45(24-18-42)76-32-29-64-50(67)65(30-33-77-46-25-19-43(20-26-46)48(53(55,56)57)62-80-83(72,73)36-40-13-7-3-8-14-40)52(69)66(51(64)68)31-34-78-47-27-21-44(22-28-47)49(54(58,59)60)63-81-84(74,75)37-41-15-9-4-10-16-41/h2-28H,29-37H2,1H3/b61-38-,62-48+,63-49?. The molecule has 0 aliphatic rings. The predicted octanol–water partition coefficient (Wildman–Crippen LogP) is 7.31. The minimum absolute atomic E-state index is 0.0882. The summed E-state index contributed by atoms with van der Waals surface area (Å²) in [6.45, 7) is -1.46. The van der Waals surface area contributed by atoms with Crippen LogP contribution >= 0.6 is 0 Å². The topological polar surface area (TPSA) is 261 Å². The van der Waals surface area contributed by atoms with Crippen molar-refractivity contribution in [2.45, 2.75) is 56.2 Å². The molecule has 0 radical (unpaired) electrons. The van der Waals surface area contributed by atoms with Crippen LogP contribution in [0.1, 0.15) is 40.3 Å². The molecular formula is C54H48F6N6O15S3. The molecule has 0 aliphatic heterocycles. The second kappa shape index (κ2) is 27.4. The lowest BCUT2D eigenvalue weighted by Gasteiger charge is -2.16. The number of hydrogen-bond donors (Lipinski definition) is 0. The maximum Gasteiger partial charge on any atom is 0.437 e. The number of ether oxygens (including phenoxy) is 3. The summed E-state index contributed by atoms with van der Waals surface area (Å²) in [6, 6.07) is 37.2. The monoisotopic (exact) mass is 1230 g/mol. The molecule has 7 aromatic rings. The van der Waals surface area contributed by atoms with Crippen molar-refractivity contribution in [2.75, 3.05) is 19.8 Å². The summed E-state index contributed by atoms with van der Waals surface area (Å²) >= 11 is 0. The van der Waals surface area contributed by atoms with Crippen molar-refractivity contribution in [1.82, 2.24) is 13.7 Å². The largest absolute Gasteiger partial charge is 0.492 e. The highest BCUT2D eigenvalue weighted by molar-refractivity contribution is 7.86. The Balaban J connectivity index is 1.06. The van der Waals surface area contributed by atoms with E-state index in [0.717, 1.165) is 48.5 Å². The number of alkyl halides is 6. The Bertz CT molecular complexity index is 3830. The van der Waals surface area contributed by atoms with Crippen LogP contribution in [0.2, 0.25) is 0 Å². The minimum atomic E-state index is -5.19. The van der Waals surface area contributed by atoms with Crippen LogP contribution < -0.4 is 31.3 Å². The van der Waals surface area contributed by atoms with Gasteiger partial charge in [0.25, 0.3) is 0 Å². The van der Waals surface area contributed by atoms with Gasteiger partial charge in [-0.3, -0.25) is 12.9 Å². The average Bonchev–Trinajstić information content (AvgIpc) is 2.79. The molecule has 21 nitrogen and oxygen atoms in total. The van der Waals surface area contributed by atoms with E-state index in [4.69, 9.17) is 18.5 Å². The van der Waals surface area contributed by atoms with E-state index in [-0.39, 0.29) is 40.7 Å². The molecule has 0 bridgehead atoms. The molecule has 1 heterocycles. The van der Waals surface area contributed by atoms with Crippen molar-refractivity contribution < 1.29 is 78.7 Å². The fraction of sp³-hybridized carbons (Fsp3) is 0.222. The second-order valence-corrected chi connectivity index (χ2v) is 22.4. The maximum absolute atomic E-state index is 14.1. The number of halogens is 6. The number of rotatable bonds is 27. The highest BCUT2D eigenvalue weighted by Gasteiger charge is 2.40. The van der Waals surface area contributed by atoms with Crippen LogP contribution in [0.4, 0.5) is 26.3 Å². The normalized spacial score (nSPS) is 12.8. The third kappa shape index (κ3) is 18.2. The molecule has 0 atom stereocenters. The first-order valence-electron chi connectivity index (χ1n) is 24.6. The van der Waals surface area contributed by atoms with Gasteiger partial charge in [0.05, 0.1) is 25.3 Å². The summed E-state index contributed by atoms with van der Waals surface area (Å²) in [6.07, 6.45) is -10.4. The van der Waals surface area contributed by atoms with E-state index in [1.807, 2.05) is 0 Å². The molecule has 1 aromatic heterocycles. The van der Waals surface area contributed by atoms with Crippen molar-refractivity contribution >= 4 is 47.5 Å². The first-order chi connectivity index (χ1) is 39.8. The molecule has 6 aromatic carbocycles. The van der Waals surface area contributed by atoms with Gasteiger partial charge >= 0.3 is 59.8 Å². The van der Waals surface area contributed by atoms with Gasteiger partial charge < -0.3 is 14.2 Å². The fourth-order valence-electron chi connectivity index (χ4n) is 7.54. The average molecular weight is 1230 g/mol. The van der Waals surface area contributed by atoms with Crippen LogP contribution in [-0.2, 0) is 80.1 Å². The zero-order valence-electron chi connectivity index (χ0n) is 43.8. The van der Waals surface area contributed by atoms with Gasteiger partial charge in [0, 0.05) is 11.1 Å². The first kappa shape index (κ1) is 62.6. The Hall–Kier alpha value is -9.03. The van der Waals surface area contributed by atoms with Crippen molar-refractivity contribution in [3.8, 4) is 17.2 Å². The highest BCUT2D eigenvalue weighted by Crippen LogP contribution is 2.27.